The largest absolute Gasteiger partial charge is 0.494 e. The van der Waals surface area contributed by atoms with Gasteiger partial charge in [0.1, 0.15) is 11.8 Å². The van der Waals surface area contributed by atoms with Crippen LogP contribution in [-0.2, 0) is 4.79 Å². The summed E-state index contributed by atoms with van der Waals surface area (Å²) in [7, 11) is 0. The van der Waals surface area contributed by atoms with E-state index in [0.29, 0.717) is 13.0 Å². The first-order valence-corrected chi connectivity index (χ1v) is 9.39. The van der Waals surface area contributed by atoms with Crippen molar-refractivity contribution in [2.24, 2.45) is 0 Å². The molecule has 2 unspecified atom stereocenters. The van der Waals surface area contributed by atoms with Crippen LogP contribution in [-0.4, -0.2) is 35.2 Å². The topological polar surface area (TPSA) is 49.8 Å². The summed E-state index contributed by atoms with van der Waals surface area (Å²) in [4.78, 5) is 13.9. The van der Waals surface area contributed by atoms with Crippen LogP contribution in [0.2, 0.25) is 0 Å². The standard InChI is InChI=1S/C19H23NO3S/c1-2-23-17-9-4-3-7-15(17)18(14-10-12-24-13-14)20-11-6-5-8-16(20)19(21)22/h3-4,7,9-10,12-13,16,18H,2,5-6,8,11H2,1H3,(H,21,22). The molecule has 2 heterocycles. The van der Waals surface area contributed by atoms with E-state index in [4.69, 9.17) is 4.74 Å². The fourth-order valence-electron chi connectivity index (χ4n) is 3.50. The maximum atomic E-state index is 11.8. The summed E-state index contributed by atoms with van der Waals surface area (Å²) < 4.78 is 5.83. The zero-order valence-electron chi connectivity index (χ0n) is 13.9. The van der Waals surface area contributed by atoms with Gasteiger partial charge in [-0.05, 0) is 54.8 Å². The number of hydrogen-bond acceptors (Lipinski definition) is 4. The highest BCUT2D eigenvalue weighted by molar-refractivity contribution is 7.08. The minimum absolute atomic E-state index is 0.0830. The molecule has 0 radical (unpaired) electrons. The number of nitrogens with zero attached hydrogens (tertiary/aromatic N) is 1. The lowest BCUT2D eigenvalue weighted by Gasteiger charge is -2.39. The number of carbonyl (C=O) groups is 1. The van der Waals surface area contributed by atoms with E-state index < -0.39 is 12.0 Å². The minimum atomic E-state index is -0.733. The highest BCUT2D eigenvalue weighted by atomic mass is 32.1. The van der Waals surface area contributed by atoms with Crippen molar-refractivity contribution < 1.29 is 14.6 Å². The number of aliphatic carboxylic acids is 1. The van der Waals surface area contributed by atoms with Crippen LogP contribution < -0.4 is 4.74 Å². The van der Waals surface area contributed by atoms with E-state index in [1.54, 1.807) is 11.3 Å². The Morgan fingerprint density at radius 2 is 2.21 bits per heavy atom. The molecule has 1 aliphatic heterocycles. The lowest BCUT2D eigenvalue weighted by molar-refractivity contribution is -0.145. The van der Waals surface area contributed by atoms with Gasteiger partial charge in [-0.25, -0.2) is 0 Å². The highest BCUT2D eigenvalue weighted by Crippen LogP contribution is 2.39. The molecule has 1 aromatic carbocycles. The van der Waals surface area contributed by atoms with Crippen LogP contribution in [0.5, 0.6) is 5.75 Å². The van der Waals surface area contributed by atoms with E-state index in [-0.39, 0.29) is 6.04 Å². The molecule has 3 rings (SSSR count). The number of hydrogen-bond donors (Lipinski definition) is 1. The number of likely N-dealkylation sites (tertiary alicyclic amines) is 1. The third-order valence-corrected chi connectivity index (χ3v) is 5.23. The Hall–Kier alpha value is -1.85. The molecule has 24 heavy (non-hydrogen) atoms. The molecule has 0 spiro atoms. The van der Waals surface area contributed by atoms with Crippen molar-refractivity contribution in [3.63, 3.8) is 0 Å². The Bertz CT molecular complexity index is 671. The number of benzene rings is 1. The van der Waals surface area contributed by atoms with Gasteiger partial charge >= 0.3 is 5.97 Å². The second-order valence-electron chi connectivity index (χ2n) is 6.02. The highest BCUT2D eigenvalue weighted by Gasteiger charge is 2.36. The molecule has 128 valence electrons. The lowest BCUT2D eigenvalue weighted by atomic mass is 9.92. The molecular weight excluding hydrogens is 322 g/mol. The zero-order valence-corrected chi connectivity index (χ0v) is 14.7. The summed E-state index contributed by atoms with van der Waals surface area (Å²) in [6, 6.07) is 9.55. The first-order chi connectivity index (χ1) is 11.7. The van der Waals surface area contributed by atoms with Gasteiger partial charge in [0, 0.05) is 5.56 Å². The number of rotatable bonds is 6. The molecule has 1 aliphatic rings. The van der Waals surface area contributed by atoms with Gasteiger partial charge in [0.05, 0.1) is 12.6 Å². The number of carboxylic acid groups (broad SMARTS) is 1. The second kappa shape index (κ2) is 7.81. The molecule has 1 fully saturated rings. The lowest BCUT2D eigenvalue weighted by Crippen LogP contribution is -2.46. The predicted molar refractivity (Wildman–Crippen MR) is 95.8 cm³/mol. The van der Waals surface area contributed by atoms with Crippen molar-refractivity contribution in [3.05, 3.63) is 52.2 Å². The van der Waals surface area contributed by atoms with Crippen LogP contribution in [0.15, 0.2) is 41.1 Å². The maximum absolute atomic E-state index is 11.8. The maximum Gasteiger partial charge on any atom is 0.320 e. The quantitative estimate of drug-likeness (QED) is 0.853. The van der Waals surface area contributed by atoms with Crippen molar-refractivity contribution >= 4 is 17.3 Å². The third kappa shape index (κ3) is 3.47. The van der Waals surface area contributed by atoms with Crippen LogP contribution in [0.3, 0.4) is 0 Å². The van der Waals surface area contributed by atoms with Gasteiger partial charge in [0.2, 0.25) is 0 Å². The van der Waals surface area contributed by atoms with Crippen molar-refractivity contribution in [3.8, 4) is 5.75 Å². The molecule has 0 saturated carbocycles. The molecule has 0 bridgehead atoms. The third-order valence-electron chi connectivity index (χ3n) is 4.53. The summed E-state index contributed by atoms with van der Waals surface area (Å²) in [5.74, 6) is 0.106. The van der Waals surface area contributed by atoms with E-state index in [0.717, 1.165) is 36.3 Å². The second-order valence-corrected chi connectivity index (χ2v) is 6.80. The molecule has 1 aromatic heterocycles. The van der Waals surface area contributed by atoms with Gasteiger partial charge in [0.15, 0.2) is 0 Å². The molecule has 2 atom stereocenters. The average Bonchev–Trinajstić information content (AvgIpc) is 3.11. The van der Waals surface area contributed by atoms with Crippen LogP contribution in [0.25, 0.3) is 0 Å². The number of ether oxygens (including phenoxy) is 1. The number of piperidine rings is 1. The zero-order chi connectivity index (χ0) is 16.9. The monoisotopic (exact) mass is 345 g/mol. The SMILES string of the molecule is CCOc1ccccc1C(c1ccsc1)N1CCCCC1C(=O)O. The van der Waals surface area contributed by atoms with Gasteiger partial charge in [-0.1, -0.05) is 24.6 Å². The first-order valence-electron chi connectivity index (χ1n) is 8.44. The van der Waals surface area contributed by atoms with Crippen molar-refractivity contribution in [2.75, 3.05) is 13.2 Å². The van der Waals surface area contributed by atoms with Gasteiger partial charge in [0.25, 0.3) is 0 Å². The van der Waals surface area contributed by atoms with Crippen LogP contribution in [0.1, 0.15) is 43.4 Å². The first kappa shape index (κ1) is 17.0. The molecule has 1 saturated heterocycles. The summed E-state index contributed by atoms with van der Waals surface area (Å²) in [6.07, 6.45) is 2.70. The summed E-state index contributed by atoms with van der Waals surface area (Å²) >= 11 is 1.64. The number of thiophene rings is 1. The summed E-state index contributed by atoms with van der Waals surface area (Å²) in [5, 5.41) is 13.9. The van der Waals surface area contributed by atoms with E-state index >= 15 is 0 Å². The molecule has 0 amide bonds. The molecule has 2 aromatic rings. The normalized spacial score (nSPS) is 19.8. The van der Waals surface area contributed by atoms with E-state index in [1.807, 2.05) is 30.5 Å². The van der Waals surface area contributed by atoms with Gasteiger partial charge in [-0.15, -0.1) is 0 Å². The van der Waals surface area contributed by atoms with Crippen molar-refractivity contribution in [1.29, 1.82) is 0 Å². The Balaban J connectivity index is 2.06. The molecule has 4 nitrogen and oxygen atoms in total. The van der Waals surface area contributed by atoms with Gasteiger partial charge in [-0.2, -0.15) is 11.3 Å². The van der Waals surface area contributed by atoms with Gasteiger partial charge < -0.3 is 9.84 Å². The van der Waals surface area contributed by atoms with Crippen LogP contribution in [0, 0.1) is 0 Å². The fraction of sp³-hybridized carbons (Fsp3) is 0.421. The Morgan fingerprint density at radius 3 is 2.92 bits per heavy atom. The van der Waals surface area contributed by atoms with Crippen molar-refractivity contribution in [2.45, 2.75) is 38.3 Å². The van der Waals surface area contributed by atoms with E-state index in [1.165, 1.54) is 0 Å². The van der Waals surface area contributed by atoms with E-state index in [2.05, 4.69) is 22.4 Å². The summed E-state index contributed by atoms with van der Waals surface area (Å²) in [5.41, 5.74) is 2.19. The molecule has 5 heteroatoms. The Morgan fingerprint density at radius 1 is 1.38 bits per heavy atom. The Kier molecular flexibility index (Phi) is 5.53. The summed E-state index contributed by atoms with van der Waals surface area (Å²) in [6.45, 7) is 3.35. The predicted octanol–water partition coefficient (Wildman–Crippen LogP) is 4.18. The molecular formula is C19H23NO3S. The Labute approximate surface area is 146 Å². The van der Waals surface area contributed by atoms with Gasteiger partial charge in [-0.3, -0.25) is 9.69 Å². The smallest absolute Gasteiger partial charge is 0.320 e. The fourth-order valence-corrected chi connectivity index (χ4v) is 4.18. The van der Waals surface area contributed by atoms with E-state index in [9.17, 15) is 9.90 Å². The number of para-hydroxylation sites is 1. The van der Waals surface area contributed by atoms with Crippen LogP contribution in [0.4, 0.5) is 0 Å². The number of carboxylic acids is 1. The molecule has 0 aliphatic carbocycles. The van der Waals surface area contributed by atoms with Crippen LogP contribution >= 0.6 is 11.3 Å². The van der Waals surface area contributed by atoms with Crippen molar-refractivity contribution in [1.82, 2.24) is 4.90 Å². The minimum Gasteiger partial charge on any atom is -0.494 e. The molecule has 1 N–H and O–H groups in total. The average molecular weight is 345 g/mol.